The molecule has 0 aromatic heterocycles. The molecule has 3 rings (SSSR count). The van der Waals surface area contributed by atoms with E-state index in [0.29, 0.717) is 18.5 Å². The first-order valence-corrected chi connectivity index (χ1v) is 11.6. The van der Waals surface area contributed by atoms with Gasteiger partial charge in [-0.2, -0.15) is 0 Å². The molecule has 1 amide bonds. The molecule has 184 valence electrons. The molecular formula is C28H31FN2O4. The van der Waals surface area contributed by atoms with Gasteiger partial charge in [0.1, 0.15) is 11.6 Å². The number of ketones is 1. The SMILES string of the molecule is COc1cccc(CNC[C@@H](O)[C@@H](Cc2ccccc2)NC(=O)CCC(=O)c2ccc(F)cc2)c1. The first-order chi connectivity index (χ1) is 16.9. The van der Waals surface area contributed by atoms with Crippen LogP contribution in [0, 0.1) is 5.82 Å². The minimum Gasteiger partial charge on any atom is -0.497 e. The molecule has 7 heteroatoms. The normalized spacial score (nSPS) is 12.5. The Morgan fingerprint density at radius 2 is 1.66 bits per heavy atom. The van der Waals surface area contributed by atoms with Crippen LogP contribution in [0.2, 0.25) is 0 Å². The maximum atomic E-state index is 13.1. The fourth-order valence-electron chi connectivity index (χ4n) is 3.73. The molecule has 0 aliphatic heterocycles. The molecular weight excluding hydrogens is 447 g/mol. The molecule has 0 spiro atoms. The van der Waals surface area contributed by atoms with Crippen molar-refractivity contribution in [3.05, 3.63) is 101 Å². The monoisotopic (exact) mass is 478 g/mol. The van der Waals surface area contributed by atoms with Crippen LogP contribution in [0.5, 0.6) is 5.75 Å². The summed E-state index contributed by atoms with van der Waals surface area (Å²) in [5, 5.41) is 17.0. The van der Waals surface area contributed by atoms with Gasteiger partial charge in [-0.15, -0.1) is 0 Å². The molecule has 0 radical (unpaired) electrons. The smallest absolute Gasteiger partial charge is 0.220 e. The summed E-state index contributed by atoms with van der Waals surface area (Å²) in [5.74, 6) is -0.222. The number of hydrogen-bond donors (Lipinski definition) is 3. The van der Waals surface area contributed by atoms with E-state index in [4.69, 9.17) is 4.74 Å². The van der Waals surface area contributed by atoms with Gasteiger partial charge >= 0.3 is 0 Å². The lowest BCUT2D eigenvalue weighted by Crippen LogP contribution is -2.48. The molecule has 3 aromatic carbocycles. The second-order valence-electron chi connectivity index (χ2n) is 8.34. The summed E-state index contributed by atoms with van der Waals surface area (Å²) >= 11 is 0. The van der Waals surface area contributed by atoms with Gasteiger partial charge in [-0.25, -0.2) is 4.39 Å². The molecule has 0 bridgehead atoms. The topological polar surface area (TPSA) is 87.7 Å². The van der Waals surface area contributed by atoms with Gasteiger partial charge in [-0.3, -0.25) is 9.59 Å². The number of amides is 1. The second-order valence-corrected chi connectivity index (χ2v) is 8.34. The largest absolute Gasteiger partial charge is 0.497 e. The van der Waals surface area contributed by atoms with Gasteiger partial charge < -0.3 is 20.5 Å². The maximum absolute atomic E-state index is 13.1. The summed E-state index contributed by atoms with van der Waals surface area (Å²) in [6.07, 6.45) is -0.427. The van der Waals surface area contributed by atoms with E-state index < -0.39 is 18.0 Å². The third-order valence-electron chi connectivity index (χ3n) is 5.67. The number of rotatable bonds is 13. The number of carbonyl (C=O) groups excluding carboxylic acids is 2. The Kier molecular flexibility index (Phi) is 9.95. The van der Waals surface area contributed by atoms with E-state index >= 15 is 0 Å². The van der Waals surface area contributed by atoms with Crippen LogP contribution in [0.4, 0.5) is 4.39 Å². The van der Waals surface area contributed by atoms with Crippen LogP contribution < -0.4 is 15.4 Å². The van der Waals surface area contributed by atoms with Gasteiger partial charge in [0.15, 0.2) is 5.78 Å². The number of aliphatic hydroxyl groups is 1. The molecule has 2 atom stereocenters. The summed E-state index contributed by atoms with van der Waals surface area (Å²) in [6, 6.07) is 22.0. The average Bonchev–Trinajstić information content (AvgIpc) is 2.88. The zero-order valence-electron chi connectivity index (χ0n) is 19.7. The minimum atomic E-state index is -0.849. The highest BCUT2D eigenvalue weighted by Crippen LogP contribution is 2.13. The Labute approximate surface area is 205 Å². The van der Waals surface area contributed by atoms with Crippen molar-refractivity contribution in [1.82, 2.24) is 10.6 Å². The van der Waals surface area contributed by atoms with E-state index in [1.165, 1.54) is 24.3 Å². The molecule has 0 saturated carbocycles. The van der Waals surface area contributed by atoms with Crippen molar-refractivity contribution in [1.29, 1.82) is 0 Å². The summed E-state index contributed by atoms with van der Waals surface area (Å²) in [7, 11) is 1.61. The number of Topliss-reactive ketones (excluding diaryl/α,β-unsaturated/α-hetero) is 1. The van der Waals surface area contributed by atoms with Crippen molar-refractivity contribution >= 4 is 11.7 Å². The van der Waals surface area contributed by atoms with Crippen LogP contribution in [0.25, 0.3) is 0 Å². The number of methoxy groups -OCH3 is 1. The summed E-state index contributed by atoms with van der Waals surface area (Å²) in [5.41, 5.74) is 2.35. The Morgan fingerprint density at radius 1 is 0.943 bits per heavy atom. The van der Waals surface area contributed by atoms with Gasteiger partial charge in [-0.05, 0) is 53.9 Å². The number of hydrogen-bond acceptors (Lipinski definition) is 5. The number of benzene rings is 3. The lowest BCUT2D eigenvalue weighted by atomic mass is 10.00. The average molecular weight is 479 g/mol. The summed E-state index contributed by atoms with van der Waals surface area (Å²) in [4.78, 5) is 25.0. The predicted molar refractivity (Wildman–Crippen MR) is 133 cm³/mol. The molecule has 0 fully saturated rings. The van der Waals surface area contributed by atoms with Gasteiger partial charge in [0, 0.05) is 31.5 Å². The Hall–Kier alpha value is -3.55. The van der Waals surface area contributed by atoms with Gasteiger partial charge in [0.25, 0.3) is 0 Å². The van der Waals surface area contributed by atoms with Crippen molar-refractivity contribution in [3.63, 3.8) is 0 Å². The van der Waals surface area contributed by atoms with Crippen LogP contribution in [0.15, 0.2) is 78.9 Å². The van der Waals surface area contributed by atoms with Crippen molar-refractivity contribution in [2.45, 2.75) is 38.0 Å². The lowest BCUT2D eigenvalue weighted by molar-refractivity contribution is -0.122. The zero-order chi connectivity index (χ0) is 25.0. The second kappa shape index (κ2) is 13.4. The van der Waals surface area contributed by atoms with Gasteiger partial charge in [0.05, 0.1) is 19.3 Å². The van der Waals surface area contributed by atoms with E-state index in [1.807, 2.05) is 54.6 Å². The Balaban J connectivity index is 1.56. The Bertz CT molecular complexity index is 1090. The quantitative estimate of drug-likeness (QED) is 0.326. The fraction of sp³-hybridized carbons (Fsp3) is 0.286. The molecule has 0 aliphatic rings. The predicted octanol–water partition coefficient (Wildman–Crippen LogP) is 3.68. The molecule has 3 N–H and O–H groups in total. The van der Waals surface area contributed by atoms with Crippen LogP contribution in [-0.2, 0) is 17.8 Å². The molecule has 6 nitrogen and oxygen atoms in total. The van der Waals surface area contributed by atoms with Crippen LogP contribution in [0.1, 0.15) is 34.3 Å². The van der Waals surface area contributed by atoms with Crippen LogP contribution in [0.3, 0.4) is 0 Å². The first kappa shape index (κ1) is 26.1. The summed E-state index contributed by atoms with van der Waals surface area (Å²) in [6.45, 7) is 0.802. The van der Waals surface area contributed by atoms with Gasteiger partial charge in [0.2, 0.25) is 5.91 Å². The third-order valence-corrected chi connectivity index (χ3v) is 5.67. The number of ether oxygens (including phenoxy) is 1. The van der Waals surface area contributed by atoms with E-state index in [2.05, 4.69) is 10.6 Å². The fourth-order valence-corrected chi connectivity index (χ4v) is 3.73. The standard InChI is InChI=1S/C28H31FN2O4/c1-35-24-9-5-8-21(16-24)18-30-19-27(33)25(17-20-6-3-2-4-7-20)31-28(34)15-14-26(32)22-10-12-23(29)13-11-22/h2-13,16,25,27,30,33H,14-15,17-19H2,1H3,(H,31,34)/t25-,27-/m1/s1. The zero-order valence-corrected chi connectivity index (χ0v) is 19.7. The number of aliphatic hydroxyl groups excluding tert-OH is 1. The minimum absolute atomic E-state index is 0.000290. The molecule has 0 aliphatic carbocycles. The highest BCUT2D eigenvalue weighted by Gasteiger charge is 2.22. The Morgan fingerprint density at radius 3 is 2.37 bits per heavy atom. The number of halogens is 1. The van der Waals surface area contributed by atoms with Crippen molar-refractivity contribution in [2.75, 3.05) is 13.7 Å². The van der Waals surface area contributed by atoms with E-state index in [1.54, 1.807) is 7.11 Å². The van der Waals surface area contributed by atoms with Crippen molar-refractivity contribution in [2.24, 2.45) is 0 Å². The number of nitrogens with one attached hydrogen (secondary N) is 2. The highest BCUT2D eigenvalue weighted by molar-refractivity contribution is 5.97. The van der Waals surface area contributed by atoms with E-state index in [-0.39, 0.29) is 31.1 Å². The summed E-state index contributed by atoms with van der Waals surface area (Å²) < 4.78 is 18.3. The molecule has 3 aromatic rings. The lowest BCUT2D eigenvalue weighted by Gasteiger charge is -2.25. The van der Waals surface area contributed by atoms with E-state index in [9.17, 15) is 19.1 Å². The third kappa shape index (κ3) is 8.63. The van der Waals surface area contributed by atoms with Crippen molar-refractivity contribution in [3.8, 4) is 5.75 Å². The van der Waals surface area contributed by atoms with Crippen LogP contribution in [-0.4, -0.2) is 42.6 Å². The van der Waals surface area contributed by atoms with Crippen LogP contribution >= 0.6 is 0 Å². The van der Waals surface area contributed by atoms with E-state index in [0.717, 1.165) is 16.9 Å². The molecule has 0 heterocycles. The molecule has 0 unspecified atom stereocenters. The van der Waals surface area contributed by atoms with Crippen molar-refractivity contribution < 1.29 is 23.8 Å². The molecule has 0 saturated heterocycles. The van der Waals surface area contributed by atoms with Gasteiger partial charge in [-0.1, -0.05) is 42.5 Å². The maximum Gasteiger partial charge on any atom is 0.220 e. The first-order valence-electron chi connectivity index (χ1n) is 11.6. The highest BCUT2D eigenvalue weighted by atomic mass is 19.1. The molecule has 35 heavy (non-hydrogen) atoms. The number of carbonyl (C=O) groups is 2.